The van der Waals surface area contributed by atoms with E-state index in [-0.39, 0.29) is 24.5 Å². The number of nitrogens with one attached hydrogen (secondary N) is 1. The lowest BCUT2D eigenvalue weighted by molar-refractivity contribution is -0.124. The minimum atomic E-state index is -0.144. The van der Waals surface area contributed by atoms with E-state index in [1.54, 1.807) is 23.1 Å². The van der Waals surface area contributed by atoms with E-state index in [1.807, 2.05) is 38.1 Å². The number of ether oxygens (including phenoxy) is 1. The summed E-state index contributed by atoms with van der Waals surface area (Å²) in [7, 11) is 0. The van der Waals surface area contributed by atoms with Gasteiger partial charge in [0.2, 0.25) is 0 Å². The number of nitrogens with zero attached hydrogens (tertiary/aromatic N) is 1. The number of aryl methyl sites for hydroxylation is 2. The molecule has 1 aliphatic rings. The summed E-state index contributed by atoms with van der Waals surface area (Å²) in [6.45, 7) is 5.22. The lowest BCUT2D eigenvalue weighted by atomic mass is 10.0. The second kappa shape index (κ2) is 9.11. The molecule has 0 atom stereocenters. The van der Waals surface area contributed by atoms with Gasteiger partial charge in [0.15, 0.2) is 6.61 Å². The summed E-state index contributed by atoms with van der Waals surface area (Å²) in [6, 6.07) is 12.9. The van der Waals surface area contributed by atoms with Crippen molar-refractivity contribution in [1.82, 2.24) is 10.2 Å². The van der Waals surface area contributed by atoms with Crippen LogP contribution in [-0.4, -0.2) is 42.5 Å². The molecule has 1 heterocycles. The molecule has 0 radical (unpaired) electrons. The zero-order chi connectivity index (χ0) is 20.1. The van der Waals surface area contributed by atoms with Crippen LogP contribution >= 0.6 is 11.6 Å². The Morgan fingerprint density at radius 2 is 1.82 bits per heavy atom. The van der Waals surface area contributed by atoms with Crippen molar-refractivity contribution in [2.24, 2.45) is 0 Å². The highest BCUT2D eigenvalue weighted by Crippen LogP contribution is 2.20. The Balaban J connectivity index is 1.45. The zero-order valence-corrected chi connectivity index (χ0v) is 17.0. The van der Waals surface area contributed by atoms with Gasteiger partial charge in [0.25, 0.3) is 11.8 Å². The molecule has 5 nitrogen and oxygen atoms in total. The largest absolute Gasteiger partial charge is 0.484 e. The van der Waals surface area contributed by atoms with E-state index in [9.17, 15) is 9.59 Å². The highest BCUT2D eigenvalue weighted by Gasteiger charge is 2.25. The fourth-order valence-electron chi connectivity index (χ4n) is 3.25. The van der Waals surface area contributed by atoms with Crippen molar-refractivity contribution >= 4 is 23.4 Å². The van der Waals surface area contributed by atoms with Crippen LogP contribution in [0.5, 0.6) is 5.75 Å². The summed E-state index contributed by atoms with van der Waals surface area (Å²) in [5.41, 5.74) is 2.84. The van der Waals surface area contributed by atoms with E-state index < -0.39 is 0 Å². The molecule has 2 aromatic rings. The van der Waals surface area contributed by atoms with Crippen molar-refractivity contribution < 1.29 is 14.3 Å². The van der Waals surface area contributed by atoms with Crippen LogP contribution in [0.1, 0.15) is 34.3 Å². The van der Waals surface area contributed by atoms with E-state index in [0.29, 0.717) is 42.3 Å². The molecule has 3 rings (SSSR count). The van der Waals surface area contributed by atoms with Gasteiger partial charge in [-0.2, -0.15) is 0 Å². The van der Waals surface area contributed by atoms with Gasteiger partial charge < -0.3 is 15.0 Å². The molecule has 0 bridgehead atoms. The van der Waals surface area contributed by atoms with Gasteiger partial charge in [0, 0.05) is 19.1 Å². The molecule has 0 saturated carbocycles. The van der Waals surface area contributed by atoms with Crippen LogP contribution in [0.3, 0.4) is 0 Å². The molecule has 0 unspecified atom stereocenters. The Morgan fingerprint density at radius 3 is 2.50 bits per heavy atom. The summed E-state index contributed by atoms with van der Waals surface area (Å²) >= 11 is 6.12. The third kappa shape index (κ3) is 5.04. The van der Waals surface area contributed by atoms with E-state index >= 15 is 0 Å². The Bertz CT molecular complexity index is 861. The van der Waals surface area contributed by atoms with Crippen molar-refractivity contribution in [2.45, 2.75) is 32.7 Å². The second-order valence-electron chi connectivity index (χ2n) is 7.15. The van der Waals surface area contributed by atoms with Crippen molar-refractivity contribution in [2.75, 3.05) is 19.7 Å². The van der Waals surface area contributed by atoms with Crippen LogP contribution in [0.15, 0.2) is 42.5 Å². The molecule has 148 valence electrons. The Morgan fingerprint density at radius 1 is 1.11 bits per heavy atom. The maximum atomic E-state index is 12.6. The van der Waals surface area contributed by atoms with Crippen LogP contribution < -0.4 is 10.1 Å². The number of likely N-dealkylation sites (tertiary alicyclic amines) is 1. The molecule has 2 amide bonds. The van der Waals surface area contributed by atoms with Crippen LogP contribution in [0, 0.1) is 13.8 Å². The molecular weight excluding hydrogens is 376 g/mol. The Labute approximate surface area is 170 Å². The monoisotopic (exact) mass is 400 g/mol. The minimum Gasteiger partial charge on any atom is -0.484 e. The first-order valence-electron chi connectivity index (χ1n) is 9.47. The van der Waals surface area contributed by atoms with Crippen LogP contribution in [0.4, 0.5) is 0 Å². The van der Waals surface area contributed by atoms with E-state index in [4.69, 9.17) is 16.3 Å². The molecule has 1 fully saturated rings. The molecule has 0 aliphatic carbocycles. The van der Waals surface area contributed by atoms with E-state index in [0.717, 1.165) is 5.56 Å². The van der Waals surface area contributed by atoms with Crippen LogP contribution in [0.25, 0.3) is 0 Å². The van der Waals surface area contributed by atoms with Gasteiger partial charge in [-0.25, -0.2) is 0 Å². The molecule has 28 heavy (non-hydrogen) atoms. The first-order chi connectivity index (χ1) is 13.4. The molecular formula is C22H25ClN2O3. The summed E-state index contributed by atoms with van der Waals surface area (Å²) in [5.74, 6) is 0.487. The number of carbonyl (C=O) groups excluding carboxylic acids is 2. The van der Waals surface area contributed by atoms with Crippen molar-refractivity contribution in [3.63, 3.8) is 0 Å². The molecule has 1 aliphatic heterocycles. The first kappa shape index (κ1) is 20.2. The number of rotatable bonds is 5. The van der Waals surface area contributed by atoms with Crippen LogP contribution in [-0.2, 0) is 4.79 Å². The number of amides is 2. The van der Waals surface area contributed by atoms with Gasteiger partial charge in [-0.1, -0.05) is 29.8 Å². The third-order valence-electron chi connectivity index (χ3n) is 5.10. The highest BCUT2D eigenvalue weighted by molar-refractivity contribution is 6.33. The molecule has 6 heteroatoms. The fraction of sp³-hybridized carbons (Fsp3) is 0.364. The predicted molar refractivity (Wildman–Crippen MR) is 110 cm³/mol. The molecule has 2 aromatic carbocycles. The van der Waals surface area contributed by atoms with Crippen LogP contribution in [0.2, 0.25) is 5.02 Å². The normalized spacial score (nSPS) is 14.6. The maximum Gasteiger partial charge on any atom is 0.258 e. The van der Waals surface area contributed by atoms with E-state index in [2.05, 4.69) is 5.32 Å². The lowest BCUT2D eigenvalue weighted by Crippen LogP contribution is -2.47. The first-order valence-corrected chi connectivity index (χ1v) is 9.85. The number of benzene rings is 2. The SMILES string of the molecule is Cc1ccc(OCC(=O)NC2CCN(C(=O)c3ccccc3Cl)CC2)cc1C. The summed E-state index contributed by atoms with van der Waals surface area (Å²) in [5, 5.41) is 3.46. The summed E-state index contributed by atoms with van der Waals surface area (Å²) in [6.07, 6.45) is 1.43. The average Bonchev–Trinajstić information content (AvgIpc) is 2.69. The van der Waals surface area contributed by atoms with Crippen molar-refractivity contribution in [3.05, 3.63) is 64.2 Å². The highest BCUT2D eigenvalue weighted by atomic mass is 35.5. The zero-order valence-electron chi connectivity index (χ0n) is 16.2. The number of carbonyl (C=O) groups is 2. The molecule has 0 spiro atoms. The number of hydrogen-bond donors (Lipinski definition) is 1. The number of hydrogen-bond acceptors (Lipinski definition) is 3. The quantitative estimate of drug-likeness (QED) is 0.831. The average molecular weight is 401 g/mol. The lowest BCUT2D eigenvalue weighted by Gasteiger charge is -2.32. The Hall–Kier alpha value is -2.53. The van der Waals surface area contributed by atoms with Gasteiger partial charge in [-0.05, 0) is 62.1 Å². The minimum absolute atomic E-state index is 0.0126. The van der Waals surface area contributed by atoms with Gasteiger partial charge in [-0.3, -0.25) is 9.59 Å². The second-order valence-corrected chi connectivity index (χ2v) is 7.56. The number of piperidine rings is 1. The van der Waals surface area contributed by atoms with Crippen molar-refractivity contribution in [3.8, 4) is 5.75 Å². The standard InChI is InChI=1S/C22H25ClN2O3/c1-15-7-8-18(13-16(15)2)28-14-21(26)24-17-9-11-25(12-10-17)22(27)19-5-3-4-6-20(19)23/h3-8,13,17H,9-12,14H2,1-2H3,(H,24,26). The van der Waals surface area contributed by atoms with Gasteiger partial charge in [0.05, 0.1) is 10.6 Å². The maximum absolute atomic E-state index is 12.6. The van der Waals surface area contributed by atoms with Gasteiger partial charge in [-0.15, -0.1) is 0 Å². The van der Waals surface area contributed by atoms with Gasteiger partial charge in [0.1, 0.15) is 5.75 Å². The number of halogens is 1. The summed E-state index contributed by atoms with van der Waals surface area (Å²) < 4.78 is 5.58. The van der Waals surface area contributed by atoms with E-state index in [1.165, 1.54) is 5.56 Å². The molecule has 0 aromatic heterocycles. The third-order valence-corrected chi connectivity index (χ3v) is 5.43. The topological polar surface area (TPSA) is 58.6 Å². The Kier molecular flexibility index (Phi) is 6.57. The smallest absolute Gasteiger partial charge is 0.258 e. The molecule has 1 N–H and O–H groups in total. The molecule has 1 saturated heterocycles. The fourth-order valence-corrected chi connectivity index (χ4v) is 3.47. The summed E-state index contributed by atoms with van der Waals surface area (Å²) in [4.78, 5) is 26.6. The van der Waals surface area contributed by atoms with Gasteiger partial charge >= 0.3 is 0 Å². The van der Waals surface area contributed by atoms with Crippen molar-refractivity contribution in [1.29, 1.82) is 0 Å². The predicted octanol–water partition coefficient (Wildman–Crippen LogP) is 3.76.